The molecule has 0 radical (unpaired) electrons. The van der Waals surface area contributed by atoms with Crippen molar-refractivity contribution in [1.82, 2.24) is 9.78 Å². The second-order valence-corrected chi connectivity index (χ2v) is 7.39. The molecule has 7 nitrogen and oxygen atoms in total. The van der Waals surface area contributed by atoms with E-state index in [2.05, 4.69) is 9.82 Å². The number of halogens is 3. The molecule has 142 valence electrons. The maximum Gasteiger partial charge on any atom is 0.416 e. The van der Waals surface area contributed by atoms with Crippen molar-refractivity contribution in [2.24, 2.45) is 7.05 Å². The van der Waals surface area contributed by atoms with E-state index in [9.17, 15) is 21.6 Å². The lowest BCUT2D eigenvalue weighted by atomic mass is 10.1. The number of nitrogens with one attached hydrogen (secondary N) is 1. The fourth-order valence-electron chi connectivity index (χ4n) is 2.61. The Labute approximate surface area is 148 Å². The lowest BCUT2D eigenvalue weighted by Gasteiger charge is -2.31. The van der Waals surface area contributed by atoms with E-state index in [1.54, 1.807) is 11.9 Å². The minimum Gasteiger partial charge on any atom is -0.378 e. The van der Waals surface area contributed by atoms with Crippen LogP contribution in [0.2, 0.25) is 0 Å². The van der Waals surface area contributed by atoms with Crippen molar-refractivity contribution >= 4 is 21.4 Å². The van der Waals surface area contributed by atoms with Crippen LogP contribution >= 0.6 is 0 Å². The number of rotatable bonds is 4. The minimum absolute atomic E-state index is 0.146. The van der Waals surface area contributed by atoms with Crippen LogP contribution in [0.4, 0.5) is 24.5 Å². The van der Waals surface area contributed by atoms with Crippen molar-refractivity contribution in [2.75, 3.05) is 35.9 Å². The number of aryl methyl sites for hydroxylation is 1. The van der Waals surface area contributed by atoms with Gasteiger partial charge in [0.25, 0.3) is 10.0 Å². The highest BCUT2D eigenvalue weighted by Crippen LogP contribution is 2.36. The fourth-order valence-corrected chi connectivity index (χ4v) is 3.64. The third kappa shape index (κ3) is 3.93. The van der Waals surface area contributed by atoms with E-state index < -0.39 is 21.8 Å². The molecule has 0 unspecified atom stereocenters. The standard InChI is InChI=1S/C15H17F3N4O3S/c1-21-5-4-14(19-21)26(23,24)20-12-10-11(15(16,17)18)2-3-13(12)22-6-8-25-9-7-22/h2-5,10,20H,6-9H2,1H3. The van der Waals surface area contributed by atoms with Crippen molar-refractivity contribution in [2.45, 2.75) is 11.2 Å². The average Bonchev–Trinajstić information content (AvgIpc) is 3.02. The molecule has 2 aromatic rings. The van der Waals surface area contributed by atoms with Crippen molar-refractivity contribution in [3.8, 4) is 0 Å². The molecule has 1 saturated heterocycles. The van der Waals surface area contributed by atoms with Gasteiger partial charge in [-0.1, -0.05) is 0 Å². The van der Waals surface area contributed by atoms with Crippen molar-refractivity contribution in [3.63, 3.8) is 0 Å². The summed E-state index contributed by atoms with van der Waals surface area (Å²) in [5, 5.41) is 3.53. The lowest BCUT2D eigenvalue weighted by molar-refractivity contribution is -0.137. The first-order valence-electron chi connectivity index (χ1n) is 7.73. The average molecular weight is 390 g/mol. The molecule has 26 heavy (non-hydrogen) atoms. The van der Waals surface area contributed by atoms with Gasteiger partial charge < -0.3 is 9.64 Å². The summed E-state index contributed by atoms with van der Waals surface area (Å²) in [4.78, 5) is 1.78. The molecule has 3 rings (SSSR count). The number of nitrogens with zero attached hydrogens (tertiary/aromatic N) is 3. The molecule has 0 atom stereocenters. The summed E-state index contributed by atoms with van der Waals surface area (Å²) in [5.74, 6) is 0. The number of aromatic nitrogens is 2. The number of ether oxygens (including phenoxy) is 1. The van der Waals surface area contributed by atoms with Gasteiger partial charge in [-0.15, -0.1) is 0 Å². The molecular weight excluding hydrogens is 373 g/mol. The van der Waals surface area contributed by atoms with Crippen LogP contribution in [0.15, 0.2) is 35.5 Å². The molecule has 0 saturated carbocycles. The molecule has 1 aromatic carbocycles. The molecular formula is C15H17F3N4O3S. The Hall–Kier alpha value is -2.27. The highest BCUT2D eigenvalue weighted by atomic mass is 32.2. The molecule has 0 spiro atoms. The van der Waals surface area contributed by atoms with E-state index in [0.717, 1.165) is 12.1 Å². The van der Waals surface area contributed by atoms with Gasteiger partial charge in [0.1, 0.15) is 0 Å². The second kappa shape index (κ2) is 6.80. The highest BCUT2D eigenvalue weighted by molar-refractivity contribution is 7.92. The largest absolute Gasteiger partial charge is 0.416 e. The van der Waals surface area contributed by atoms with Crippen LogP contribution in [-0.4, -0.2) is 44.5 Å². The number of morpholine rings is 1. The van der Waals surface area contributed by atoms with Crippen LogP contribution in [0.1, 0.15) is 5.56 Å². The second-order valence-electron chi connectivity index (χ2n) is 5.76. The smallest absolute Gasteiger partial charge is 0.378 e. The molecule has 1 fully saturated rings. The molecule has 11 heteroatoms. The summed E-state index contributed by atoms with van der Waals surface area (Å²) < 4.78 is 73.0. The topological polar surface area (TPSA) is 76.5 Å². The zero-order chi connectivity index (χ0) is 18.9. The normalized spacial score (nSPS) is 15.9. The molecule has 0 amide bonds. The fraction of sp³-hybridized carbons (Fsp3) is 0.400. The molecule has 1 aliphatic heterocycles. The molecule has 0 aliphatic carbocycles. The molecule has 1 N–H and O–H groups in total. The number of benzene rings is 1. The van der Waals surface area contributed by atoms with Gasteiger partial charge in [-0.05, 0) is 24.3 Å². The van der Waals surface area contributed by atoms with Gasteiger partial charge in [-0.25, -0.2) is 0 Å². The number of hydrogen-bond acceptors (Lipinski definition) is 5. The quantitative estimate of drug-likeness (QED) is 0.865. The Morgan fingerprint density at radius 1 is 1.19 bits per heavy atom. The van der Waals surface area contributed by atoms with E-state index in [1.165, 1.54) is 23.0 Å². The number of anilines is 2. The van der Waals surface area contributed by atoms with Crippen LogP contribution in [0.5, 0.6) is 0 Å². The summed E-state index contributed by atoms with van der Waals surface area (Å²) in [6.45, 7) is 1.72. The zero-order valence-electron chi connectivity index (χ0n) is 13.8. The Morgan fingerprint density at radius 2 is 1.88 bits per heavy atom. The van der Waals surface area contributed by atoms with Crippen LogP contribution in [-0.2, 0) is 28.0 Å². The first kappa shape index (κ1) is 18.5. The summed E-state index contributed by atoms with van der Waals surface area (Å²) >= 11 is 0. The zero-order valence-corrected chi connectivity index (χ0v) is 14.6. The molecule has 0 bridgehead atoms. The third-order valence-electron chi connectivity index (χ3n) is 3.88. The Balaban J connectivity index is 2.01. The lowest BCUT2D eigenvalue weighted by Crippen LogP contribution is -2.36. The van der Waals surface area contributed by atoms with Crippen molar-refractivity contribution in [1.29, 1.82) is 0 Å². The predicted molar refractivity (Wildman–Crippen MR) is 88.5 cm³/mol. The maximum atomic E-state index is 13.1. The van der Waals surface area contributed by atoms with Crippen LogP contribution < -0.4 is 9.62 Å². The van der Waals surface area contributed by atoms with Gasteiger partial charge in [0.2, 0.25) is 0 Å². The Kier molecular flexibility index (Phi) is 4.84. The van der Waals surface area contributed by atoms with Gasteiger partial charge in [0, 0.05) is 26.3 Å². The van der Waals surface area contributed by atoms with Gasteiger partial charge in [0.05, 0.1) is 30.2 Å². The van der Waals surface area contributed by atoms with Crippen LogP contribution in [0, 0.1) is 0 Å². The maximum absolute atomic E-state index is 13.1. The number of hydrogen-bond donors (Lipinski definition) is 1. The molecule has 2 heterocycles. The van der Waals surface area contributed by atoms with Gasteiger partial charge >= 0.3 is 6.18 Å². The SMILES string of the molecule is Cn1ccc(S(=O)(=O)Nc2cc(C(F)(F)F)ccc2N2CCOCC2)n1. The van der Waals surface area contributed by atoms with E-state index in [4.69, 9.17) is 4.74 Å². The van der Waals surface area contributed by atoms with E-state index >= 15 is 0 Å². The third-order valence-corrected chi connectivity index (χ3v) is 5.14. The van der Waals surface area contributed by atoms with Crippen LogP contribution in [0.3, 0.4) is 0 Å². The monoisotopic (exact) mass is 390 g/mol. The van der Waals surface area contributed by atoms with Gasteiger partial charge in [-0.3, -0.25) is 9.40 Å². The van der Waals surface area contributed by atoms with E-state index in [0.29, 0.717) is 32.0 Å². The first-order valence-corrected chi connectivity index (χ1v) is 9.21. The van der Waals surface area contributed by atoms with Crippen molar-refractivity contribution < 1.29 is 26.3 Å². The summed E-state index contributed by atoms with van der Waals surface area (Å²) in [6, 6.07) is 4.27. The van der Waals surface area contributed by atoms with Crippen LogP contribution in [0.25, 0.3) is 0 Å². The summed E-state index contributed by atoms with van der Waals surface area (Å²) in [6.07, 6.45) is -3.15. The van der Waals surface area contributed by atoms with E-state index in [1.807, 2.05) is 0 Å². The highest BCUT2D eigenvalue weighted by Gasteiger charge is 2.32. The summed E-state index contributed by atoms with van der Waals surface area (Å²) in [5.41, 5.74) is -0.721. The molecule has 1 aliphatic rings. The van der Waals surface area contributed by atoms with E-state index in [-0.39, 0.29) is 10.7 Å². The molecule has 1 aromatic heterocycles. The van der Waals surface area contributed by atoms with Gasteiger partial charge in [-0.2, -0.15) is 26.7 Å². The van der Waals surface area contributed by atoms with Gasteiger partial charge in [0.15, 0.2) is 5.03 Å². The Morgan fingerprint density at radius 3 is 2.46 bits per heavy atom. The summed E-state index contributed by atoms with van der Waals surface area (Å²) in [7, 11) is -2.58. The Bertz CT molecular complexity index is 890. The predicted octanol–water partition coefficient (Wildman–Crippen LogP) is 2.08. The number of alkyl halides is 3. The minimum atomic E-state index is -4.59. The number of sulfonamides is 1. The van der Waals surface area contributed by atoms with Crippen molar-refractivity contribution in [3.05, 3.63) is 36.0 Å². The first-order chi connectivity index (χ1) is 12.2.